The van der Waals surface area contributed by atoms with Gasteiger partial charge in [0, 0.05) is 36.3 Å². The summed E-state index contributed by atoms with van der Waals surface area (Å²) in [5.74, 6) is -0.0755. The molecule has 1 aromatic carbocycles. The zero-order valence-corrected chi connectivity index (χ0v) is 23.5. The van der Waals surface area contributed by atoms with Crippen LogP contribution < -0.4 is 22.1 Å². The predicted octanol–water partition coefficient (Wildman–Crippen LogP) is 4.12. The van der Waals surface area contributed by atoms with Gasteiger partial charge in [0.1, 0.15) is 10.3 Å². The Bertz CT molecular complexity index is 1890. The first-order valence-electron chi connectivity index (χ1n) is 13.0. The molecule has 4 heterocycles. The number of amides is 1. The molecule has 1 N–H and O–H groups in total. The molecule has 5 aromatic rings. The molecule has 0 saturated heterocycles. The molecule has 0 saturated carbocycles. The van der Waals surface area contributed by atoms with Gasteiger partial charge in [0.05, 0.1) is 17.8 Å². The van der Waals surface area contributed by atoms with Crippen molar-refractivity contribution >= 4 is 44.7 Å². The first kappa shape index (κ1) is 27.5. The molecule has 0 atom stereocenters. The van der Waals surface area contributed by atoms with E-state index < -0.39 is 5.69 Å². The van der Waals surface area contributed by atoms with Gasteiger partial charge in [-0.25, -0.2) is 9.78 Å². The quantitative estimate of drug-likeness (QED) is 0.251. The number of aryl methyl sites for hydroxylation is 1. The van der Waals surface area contributed by atoms with Gasteiger partial charge in [-0.1, -0.05) is 42.3 Å². The highest BCUT2D eigenvalue weighted by Crippen LogP contribution is 2.17. The van der Waals surface area contributed by atoms with E-state index in [1.54, 1.807) is 23.6 Å². The summed E-state index contributed by atoms with van der Waals surface area (Å²) < 4.78 is 4.74. The summed E-state index contributed by atoms with van der Waals surface area (Å²) in [6, 6.07) is 15.9. The number of aromatic nitrogens is 4. The molecule has 5 rings (SSSR count). The third kappa shape index (κ3) is 5.78. The number of pyridine rings is 1. The van der Waals surface area contributed by atoms with Gasteiger partial charge in [0.25, 0.3) is 11.1 Å². The molecule has 0 bridgehead atoms. The van der Waals surface area contributed by atoms with E-state index in [0.717, 1.165) is 11.3 Å². The molecule has 206 valence electrons. The van der Waals surface area contributed by atoms with E-state index in [1.165, 1.54) is 30.9 Å². The Kier molecular flexibility index (Phi) is 8.27. The minimum absolute atomic E-state index is 0.0671. The van der Waals surface area contributed by atoms with Crippen LogP contribution in [-0.2, 0) is 24.4 Å². The second-order valence-corrected chi connectivity index (χ2v) is 10.9. The lowest BCUT2D eigenvalue weighted by atomic mass is 10.1. The summed E-state index contributed by atoms with van der Waals surface area (Å²) >= 11 is 7.41. The second-order valence-electron chi connectivity index (χ2n) is 9.59. The van der Waals surface area contributed by atoms with Crippen LogP contribution in [-0.4, -0.2) is 24.4 Å². The molecule has 0 fully saturated rings. The van der Waals surface area contributed by atoms with E-state index in [0.29, 0.717) is 58.8 Å². The van der Waals surface area contributed by atoms with E-state index in [9.17, 15) is 19.2 Å². The number of halogens is 1. The lowest BCUT2D eigenvalue weighted by molar-refractivity contribution is -0.121. The highest BCUT2D eigenvalue weighted by molar-refractivity contribution is 7.17. The molecule has 4 aromatic heterocycles. The van der Waals surface area contributed by atoms with Gasteiger partial charge < -0.3 is 5.32 Å². The minimum Gasteiger partial charge on any atom is -0.352 e. The van der Waals surface area contributed by atoms with E-state index in [2.05, 4.69) is 10.3 Å². The molecule has 40 heavy (non-hydrogen) atoms. The molecule has 0 aliphatic heterocycles. The Morgan fingerprint density at radius 1 is 1.00 bits per heavy atom. The molecular formula is C29H28ClN5O4S. The Morgan fingerprint density at radius 3 is 2.65 bits per heavy atom. The SMILES string of the molecule is Cc1cccc2nc(Cn3c(=O)n(CCCCCC(=O)NCc4ccccc4Cl)c(=O)c4sccc43)cc(=O)n12. The number of rotatable bonds is 10. The fourth-order valence-electron chi connectivity index (χ4n) is 4.75. The summed E-state index contributed by atoms with van der Waals surface area (Å²) in [6.07, 6.45) is 2.22. The van der Waals surface area contributed by atoms with Crippen molar-refractivity contribution in [1.82, 2.24) is 23.8 Å². The molecule has 0 aliphatic rings. The molecule has 9 nitrogen and oxygen atoms in total. The normalized spacial score (nSPS) is 11.3. The standard InChI is InChI=1S/C29H28ClN5O4S/c1-19-8-7-11-24-32-21(16-26(37)35(19)24)18-34-23-13-15-40-27(23)28(38)33(29(34)39)14-6-2-3-12-25(36)31-17-20-9-4-5-10-22(20)30/h4-5,7-11,13,15-16H,2-3,6,12,14,17-18H2,1H3,(H,31,36). The topological polar surface area (TPSA) is 107 Å². The van der Waals surface area contributed by atoms with Crippen molar-refractivity contribution in [3.8, 4) is 0 Å². The average molecular weight is 578 g/mol. The smallest absolute Gasteiger partial charge is 0.331 e. The van der Waals surface area contributed by atoms with Crippen molar-refractivity contribution in [2.24, 2.45) is 0 Å². The van der Waals surface area contributed by atoms with Crippen LogP contribution in [0.25, 0.3) is 15.9 Å². The maximum atomic E-state index is 13.5. The Labute approximate surface area is 238 Å². The predicted molar refractivity (Wildman–Crippen MR) is 157 cm³/mol. The van der Waals surface area contributed by atoms with Crippen molar-refractivity contribution in [3.05, 3.63) is 113 Å². The second kappa shape index (κ2) is 12.0. The summed E-state index contributed by atoms with van der Waals surface area (Å²) in [6.45, 7) is 2.50. The number of hydrogen-bond acceptors (Lipinski definition) is 6. The van der Waals surface area contributed by atoms with Crippen LogP contribution in [0, 0.1) is 6.92 Å². The van der Waals surface area contributed by atoms with Gasteiger partial charge in [-0.2, -0.15) is 0 Å². The number of hydrogen-bond donors (Lipinski definition) is 1. The maximum Gasteiger partial charge on any atom is 0.331 e. The van der Waals surface area contributed by atoms with Crippen molar-refractivity contribution < 1.29 is 4.79 Å². The van der Waals surface area contributed by atoms with E-state index >= 15 is 0 Å². The van der Waals surface area contributed by atoms with Gasteiger partial charge in [0.15, 0.2) is 0 Å². The van der Waals surface area contributed by atoms with Crippen LogP contribution in [0.3, 0.4) is 0 Å². The minimum atomic E-state index is -0.445. The van der Waals surface area contributed by atoms with E-state index in [-0.39, 0.29) is 30.1 Å². The number of fused-ring (bicyclic) bond motifs is 2. The summed E-state index contributed by atoms with van der Waals surface area (Å²) in [5.41, 5.74) is 2.10. The highest BCUT2D eigenvalue weighted by Gasteiger charge is 2.16. The molecule has 0 spiro atoms. The van der Waals surface area contributed by atoms with Crippen LogP contribution in [0.2, 0.25) is 5.02 Å². The number of carbonyl (C=O) groups excluding carboxylic acids is 1. The fraction of sp³-hybridized carbons (Fsp3) is 0.276. The van der Waals surface area contributed by atoms with Crippen LogP contribution in [0.1, 0.15) is 42.6 Å². The number of nitrogens with zero attached hydrogens (tertiary/aromatic N) is 4. The molecular weight excluding hydrogens is 550 g/mol. The van der Waals surface area contributed by atoms with Crippen molar-refractivity contribution in [2.75, 3.05) is 0 Å². The average Bonchev–Trinajstić information content (AvgIpc) is 3.42. The lowest BCUT2D eigenvalue weighted by Gasteiger charge is -2.13. The van der Waals surface area contributed by atoms with Gasteiger partial charge in [-0.05, 0) is 55.0 Å². The van der Waals surface area contributed by atoms with Crippen LogP contribution in [0.4, 0.5) is 0 Å². The van der Waals surface area contributed by atoms with Crippen molar-refractivity contribution in [3.63, 3.8) is 0 Å². The van der Waals surface area contributed by atoms with Gasteiger partial charge in [-0.3, -0.25) is 27.9 Å². The van der Waals surface area contributed by atoms with E-state index in [1.807, 2.05) is 37.3 Å². The Balaban J connectivity index is 1.26. The summed E-state index contributed by atoms with van der Waals surface area (Å²) in [7, 11) is 0. The number of thiophene rings is 1. The molecule has 1 amide bonds. The third-order valence-corrected chi connectivity index (χ3v) is 8.07. The summed E-state index contributed by atoms with van der Waals surface area (Å²) in [4.78, 5) is 56.2. The zero-order chi connectivity index (χ0) is 28.2. The molecule has 0 aliphatic carbocycles. The zero-order valence-electron chi connectivity index (χ0n) is 21.9. The Hall–Kier alpha value is -4.02. The lowest BCUT2D eigenvalue weighted by Crippen LogP contribution is -2.40. The largest absolute Gasteiger partial charge is 0.352 e. The molecule has 11 heteroatoms. The van der Waals surface area contributed by atoms with Crippen LogP contribution in [0.5, 0.6) is 0 Å². The van der Waals surface area contributed by atoms with Crippen molar-refractivity contribution in [1.29, 1.82) is 0 Å². The van der Waals surface area contributed by atoms with Gasteiger partial charge in [0.2, 0.25) is 5.91 Å². The first-order chi connectivity index (χ1) is 19.3. The van der Waals surface area contributed by atoms with Crippen LogP contribution in [0.15, 0.2) is 74.4 Å². The van der Waals surface area contributed by atoms with E-state index in [4.69, 9.17) is 11.6 Å². The number of carbonyl (C=O) groups is 1. The monoisotopic (exact) mass is 577 g/mol. The highest BCUT2D eigenvalue weighted by atomic mass is 35.5. The Morgan fingerprint density at radius 2 is 1.82 bits per heavy atom. The van der Waals surface area contributed by atoms with Crippen molar-refractivity contribution in [2.45, 2.75) is 52.2 Å². The fourth-order valence-corrected chi connectivity index (χ4v) is 5.79. The maximum absolute atomic E-state index is 13.5. The molecule has 0 unspecified atom stereocenters. The summed E-state index contributed by atoms with van der Waals surface area (Å²) in [5, 5.41) is 5.26. The van der Waals surface area contributed by atoms with Gasteiger partial charge in [-0.15, -0.1) is 11.3 Å². The number of nitrogens with one attached hydrogen (secondary N) is 1. The first-order valence-corrected chi connectivity index (χ1v) is 14.3. The van der Waals surface area contributed by atoms with Gasteiger partial charge >= 0.3 is 5.69 Å². The van der Waals surface area contributed by atoms with Crippen LogP contribution >= 0.6 is 22.9 Å². The third-order valence-electron chi connectivity index (χ3n) is 6.81. The molecule has 0 radical (unpaired) electrons. The number of unbranched alkanes of at least 4 members (excludes halogenated alkanes) is 2. The number of benzene rings is 1.